The third kappa shape index (κ3) is 72.8. The zero-order valence-electron chi connectivity index (χ0n) is 64.8. The summed E-state index contributed by atoms with van der Waals surface area (Å²) in [6.07, 6.45) is 61.2. The molecule has 17 nitrogen and oxygen atoms in total. The van der Waals surface area contributed by atoms with Crippen molar-refractivity contribution in [2.24, 2.45) is 11.8 Å². The summed E-state index contributed by atoms with van der Waals surface area (Å²) in [5.41, 5.74) is 0. The molecule has 6 atom stereocenters. The normalized spacial score (nSPS) is 14.2. The topological polar surface area (TPSA) is 237 Å². The van der Waals surface area contributed by atoms with E-state index in [-0.39, 0.29) is 25.7 Å². The maximum Gasteiger partial charge on any atom is 0.472 e. The summed E-state index contributed by atoms with van der Waals surface area (Å²) in [5, 5.41) is 10.6. The average Bonchev–Trinajstić information content (AvgIpc) is 1.02. The summed E-state index contributed by atoms with van der Waals surface area (Å²) in [7, 11) is -9.91. The monoisotopic (exact) mass is 1450 g/mol. The zero-order chi connectivity index (χ0) is 72.8. The van der Waals surface area contributed by atoms with E-state index in [1.54, 1.807) is 0 Å². The molecule has 588 valence electrons. The minimum absolute atomic E-state index is 0.104. The molecule has 0 aromatic carbocycles. The third-order valence-electron chi connectivity index (χ3n) is 19.1. The molecule has 0 spiro atoms. The summed E-state index contributed by atoms with van der Waals surface area (Å²) in [6, 6.07) is 0. The first kappa shape index (κ1) is 97.1. The summed E-state index contributed by atoms with van der Waals surface area (Å²) in [4.78, 5) is 72.9. The zero-order valence-corrected chi connectivity index (χ0v) is 66.6. The van der Waals surface area contributed by atoms with Gasteiger partial charge in [0, 0.05) is 25.7 Å². The smallest absolute Gasteiger partial charge is 0.462 e. The molecule has 0 fully saturated rings. The second-order valence-corrected chi connectivity index (χ2v) is 32.4. The fourth-order valence-electron chi connectivity index (χ4n) is 12.3. The molecule has 0 amide bonds. The van der Waals surface area contributed by atoms with Gasteiger partial charge in [-0.05, 0) is 37.5 Å². The van der Waals surface area contributed by atoms with Gasteiger partial charge in [0.15, 0.2) is 12.2 Å². The number of aliphatic hydroxyl groups is 1. The van der Waals surface area contributed by atoms with Crippen molar-refractivity contribution in [1.29, 1.82) is 0 Å². The molecular weight excluding hydrogens is 1290 g/mol. The summed E-state index contributed by atoms with van der Waals surface area (Å²) < 4.78 is 68.6. The van der Waals surface area contributed by atoms with Crippen LogP contribution in [-0.4, -0.2) is 96.7 Å². The fourth-order valence-corrected chi connectivity index (χ4v) is 13.9. The summed E-state index contributed by atoms with van der Waals surface area (Å²) >= 11 is 0. The highest BCUT2D eigenvalue weighted by molar-refractivity contribution is 7.47. The Bertz CT molecular complexity index is 1910. The van der Waals surface area contributed by atoms with Crippen LogP contribution >= 0.6 is 15.6 Å². The molecule has 19 heteroatoms. The molecule has 0 bridgehead atoms. The van der Waals surface area contributed by atoms with Crippen molar-refractivity contribution in [1.82, 2.24) is 0 Å². The van der Waals surface area contributed by atoms with Crippen LogP contribution in [0.2, 0.25) is 0 Å². The van der Waals surface area contributed by atoms with E-state index in [9.17, 15) is 43.2 Å². The van der Waals surface area contributed by atoms with Crippen LogP contribution < -0.4 is 0 Å². The Balaban J connectivity index is 5.19. The molecule has 0 saturated carbocycles. The van der Waals surface area contributed by atoms with Crippen LogP contribution in [0.15, 0.2) is 0 Å². The standard InChI is InChI=1S/C80H156O17P2/c1-7-10-12-14-16-18-20-21-22-23-24-25-26-27-28-33-36-40-46-52-58-64-79(84)96-75(68-91-78(83)63-57-51-45-39-35-32-30-29-31-34-37-43-49-55-61-73(6)9-3)70-94-98(86,87)92-66-74(81)67-93-99(88,89)95-71-76(97-80(85)65-59-53-47-41-42-48-54-60-72(4)5)69-90-77(82)62-56-50-44-38-19-17-15-13-11-8-2/h72-76,81H,7-71H2,1-6H3,(H,86,87)(H,88,89)/t73?,74-,75-,76-/m1/s1. The number of phosphoric acid groups is 2. The lowest BCUT2D eigenvalue weighted by Crippen LogP contribution is -2.30. The Labute approximate surface area is 607 Å². The Kier molecular flexibility index (Phi) is 70.3. The van der Waals surface area contributed by atoms with Gasteiger partial charge >= 0.3 is 39.5 Å². The summed E-state index contributed by atoms with van der Waals surface area (Å²) in [6.45, 7) is 9.60. The van der Waals surface area contributed by atoms with Crippen LogP contribution in [-0.2, 0) is 65.4 Å². The number of rotatable bonds is 79. The predicted octanol–water partition coefficient (Wildman–Crippen LogP) is 23.9. The van der Waals surface area contributed by atoms with E-state index in [1.165, 1.54) is 238 Å². The van der Waals surface area contributed by atoms with E-state index >= 15 is 0 Å². The number of carbonyl (C=O) groups is 4. The van der Waals surface area contributed by atoms with Gasteiger partial charge in [0.25, 0.3) is 0 Å². The highest BCUT2D eigenvalue weighted by atomic mass is 31.2. The molecule has 0 aromatic rings. The van der Waals surface area contributed by atoms with Gasteiger partial charge in [-0.25, -0.2) is 9.13 Å². The first-order valence-corrected chi connectivity index (χ1v) is 44.5. The van der Waals surface area contributed by atoms with Crippen molar-refractivity contribution < 1.29 is 80.2 Å². The minimum Gasteiger partial charge on any atom is -0.462 e. The van der Waals surface area contributed by atoms with E-state index in [1.807, 2.05) is 0 Å². The maximum absolute atomic E-state index is 13.1. The van der Waals surface area contributed by atoms with Crippen LogP contribution in [0.3, 0.4) is 0 Å². The Hall–Kier alpha value is -1.94. The number of hydrogen-bond donors (Lipinski definition) is 3. The quantitative estimate of drug-likeness (QED) is 0.0222. The van der Waals surface area contributed by atoms with Gasteiger partial charge in [-0.15, -0.1) is 0 Å². The molecule has 0 heterocycles. The van der Waals surface area contributed by atoms with E-state index in [0.29, 0.717) is 31.6 Å². The van der Waals surface area contributed by atoms with Crippen LogP contribution in [0.5, 0.6) is 0 Å². The van der Waals surface area contributed by atoms with Crippen molar-refractivity contribution in [2.75, 3.05) is 39.6 Å². The van der Waals surface area contributed by atoms with Crippen molar-refractivity contribution in [3.05, 3.63) is 0 Å². The molecule has 3 unspecified atom stereocenters. The molecule has 0 aromatic heterocycles. The molecule has 0 rings (SSSR count). The van der Waals surface area contributed by atoms with Gasteiger partial charge in [0.1, 0.15) is 19.3 Å². The van der Waals surface area contributed by atoms with Gasteiger partial charge in [-0.3, -0.25) is 37.3 Å². The lowest BCUT2D eigenvalue weighted by molar-refractivity contribution is -0.161. The van der Waals surface area contributed by atoms with E-state index in [4.69, 9.17) is 37.0 Å². The lowest BCUT2D eigenvalue weighted by atomic mass is 9.99. The molecular formula is C80H156O17P2. The number of esters is 4. The Morgan fingerprint density at radius 3 is 0.768 bits per heavy atom. The van der Waals surface area contributed by atoms with Crippen molar-refractivity contribution in [3.63, 3.8) is 0 Å². The minimum atomic E-state index is -4.96. The SMILES string of the molecule is CCCCCCCCCCCCCCCCCCCCCCCC(=O)O[C@H](COC(=O)CCCCCCCCCCCCCCCCC(C)CC)COP(=O)(O)OC[C@@H](O)COP(=O)(O)OC[C@@H](COC(=O)CCCCCCCCCCCC)OC(=O)CCCCCCCCCC(C)C. The lowest BCUT2D eigenvalue weighted by Gasteiger charge is -2.21. The fraction of sp³-hybridized carbons (Fsp3) is 0.950. The first-order chi connectivity index (χ1) is 47.9. The largest absolute Gasteiger partial charge is 0.472 e. The van der Waals surface area contributed by atoms with Gasteiger partial charge < -0.3 is 33.8 Å². The maximum atomic E-state index is 13.1. The Morgan fingerprint density at radius 2 is 0.515 bits per heavy atom. The van der Waals surface area contributed by atoms with E-state index in [0.717, 1.165) is 95.8 Å². The molecule has 0 aliphatic heterocycles. The number of phosphoric ester groups is 2. The van der Waals surface area contributed by atoms with Crippen LogP contribution in [0.4, 0.5) is 0 Å². The highest BCUT2D eigenvalue weighted by Gasteiger charge is 2.30. The molecule has 0 aliphatic carbocycles. The van der Waals surface area contributed by atoms with Crippen molar-refractivity contribution >= 4 is 39.5 Å². The highest BCUT2D eigenvalue weighted by Crippen LogP contribution is 2.45. The molecule has 3 N–H and O–H groups in total. The van der Waals surface area contributed by atoms with E-state index in [2.05, 4.69) is 41.5 Å². The van der Waals surface area contributed by atoms with Crippen molar-refractivity contribution in [3.8, 4) is 0 Å². The van der Waals surface area contributed by atoms with Gasteiger partial charge in [0.2, 0.25) is 0 Å². The number of carbonyl (C=O) groups excluding carboxylic acids is 4. The molecule has 0 radical (unpaired) electrons. The van der Waals surface area contributed by atoms with E-state index < -0.39 is 97.5 Å². The number of hydrogen-bond acceptors (Lipinski definition) is 15. The van der Waals surface area contributed by atoms with Crippen LogP contribution in [0.1, 0.15) is 420 Å². The van der Waals surface area contributed by atoms with Gasteiger partial charge in [-0.1, -0.05) is 369 Å². The number of aliphatic hydroxyl groups excluding tert-OH is 1. The Morgan fingerprint density at radius 1 is 0.293 bits per heavy atom. The first-order valence-electron chi connectivity index (χ1n) is 41.5. The molecule has 0 saturated heterocycles. The number of unbranched alkanes of at least 4 members (excludes halogenated alkanes) is 48. The van der Waals surface area contributed by atoms with Crippen LogP contribution in [0, 0.1) is 11.8 Å². The average molecular weight is 1450 g/mol. The van der Waals surface area contributed by atoms with Gasteiger partial charge in [0.05, 0.1) is 26.4 Å². The third-order valence-corrected chi connectivity index (χ3v) is 21.0. The number of ether oxygens (including phenoxy) is 4. The summed E-state index contributed by atoms with van der Waals surface area (Å²) in [5.74, 6) is -0.568. The second kappa shape index (κ2) is 71.7. The van der Waals surface area contributed by atoms with Gasteiger partial charge in [-0.2, -0.15) is 0 Å². The van der Waals surface area contributed by atoms with Crippen molar-refractivity contribution in [2.45, 2.75) is 439 Å². The molecule has 0 aliphatic rings. The van der Waals surface area contributed by atoms with Crippen LogP contribution in [0.25, 0.3) is 0 Å². The molecule has 99 heavy (non-hydrogen) atoms. The second-order valence-electron chi connectivity index (χ2n) is 29.5. The predicted molar refractivity (Wildman–Crippen MR) is 405 cm³/mol.